The van der Waals surface area contributed by atoms with Crippen LogP contribution in [-0.2, 0) is 11.3 Å². The number of benzene rings is 2. The molecule has 0 aliphatic heterocycles. The monoisotopic (exact) mass is 326 g/mol. The van der Waals surface area contributed by atoms with Gasteiger partial charge in [-0.2, -0.15) is 0 Å². The van der Waals surface area contributed by atoms with Crippen LogP contribution in [0.15, 0.2) is 54.6 Å². The number of nitrogens with one attached hydrogen (secondary N) is 1. The second kappa shape index (κ2) is 8.72. The highest BCUT2D eigenvalue weighted by atomic mass is 16.5. The lowest BCUT2D eigenvalue weighted by atomic mass is 10.2. The molecule has 2 amide bonds. The Bertz CT molecular complexity index is 686. The molecule has 0 spiro atoms. The molecule has 0 aliphatic rings. The maximum atomic E-state index is 12.1. The summed E-state index contributed by atoms with van der Waals surface area (Å²) in [6.45, 7) is 0.859. The van der Waals surface area contributed by atoms with Gasteiger partial charge in [0.1, 0.15) is 5.75 Å². The summed E-state index contributed by atoms with van der Waals surface area (Å²) < 4.78 is 5.09. The lowest BCUT2D eigenvalue weighted by molar-refractivity contribution is -0.130. The number of rotatable bonds is 7. The summed E-state index contributed by atoms with van der Waals surface area (Å²) in [6.07, 6.45) is 0.263. The Balaban J connectivity index is 1.78. The molecular weight excluding hydrogens is 304 g/mol. The van der Waals surface area contributed by atoms with Crippen molar-refractivity contribution >= 4 is 11.8 Å². The highest BCUT2D eigenvalue weighted by Crippen LogP contribution is 2.12. The smallest absolute Gasteiger partial charge is 0.251 e. The maximum Gasteiger partial charge on any atom is 0.251 e. The van der Waals surface area contributed by atoms with Crippen LogP contribution in [0.4, 0.5) is 0 Å². The van der Waals surface area contributed by atoms with E-state index in [1.54, 1.807) is 43.3 Å². The van der Waals surface area contributed by atoms with Crippen molar-refractivity contribution in [3.8, 4) is 5.75 Å². The summed E-state index contributed by atoms with van der Waals surface area (Å²) in [5.74, 6) is 0.401. The van der Waals surface area contributed by atoms with Crippen LogP contribution in [0.5, 0.6) is 5.75 Å². The van der Waals surface area contributed by atoms with Gasteiger partial charge in [-0.05, 0) is 23.8 Å². The largest absolute Gasteiger partial charge is 0.497 e. The van der Waals surface area contributed by atoms with Gasteiger partial charge in [0, 0.05) is 32.1 Å². The molecule has 24 heavy (non-hydrogen) atoms. The van der Waals surface area contributed by atoms with Crippen molar-refractivity contribution in [1.82, 2.24) is 10.2 Å². The van der Waals surface area contributed by atoms with Crippen LogP contribution >= 0.6 is 0 Å². The molecule has 0 radical (unpaired) electrons. The number of nitrogens with zero attached hydrogens (tertiary/aromatic N) is 1. The zero-order valence-corrected chi connectivity index (χ0v) is 14.0. The number of carbonyl (C=O) groups excluding carboxylic acids is 2. The first-order valence-corrected chi connectivity index (χ1v) is 7.80. The highest BCUT2D eigenvalue weighted by Gasteiger charge is 2.11. The van der Waals surface area contributed by atoms with E-state index < -0.39 is 0 Å². The van der Waals surface area contributed by atoms with E-state index in [9.17, 15) is 9.59 Å². The van der Waals surface area contributed by atoms with E-state index in [1.807, 2.05) is 30.3 Å². The molecule has 5 heteroatoms. The van der Waals surface area contributed by atoms with Gasteiger partial charge in [-0.25, -0.2) is 0 Å². The molecule has 0 fully saturated rings. The Morgan fingerprint density at radius 2 is 1.83 bits per heavy atom. The lowest BCUT2D eigenvalue weighted by Crippen LogP contribution is -2.31. The molecule has 0 saturated heterocycles. The molecule has 0 heterocycles. The molecule has 2 rings (SSSR count). The standard InChI is InChI=1S/C19H22N2O3/c1-21(14-15-7-4-3-5-8-15)18(22)11-12-20-19(23)16-9-6-10-17(13-16)24-2/h3-10,13H,11-12,14H2,1-2H3,(H,20,23). The number of carbonyl (C=O) groups is 2. The summed E-state index contributed by atoms with van der Waals surface area (Å²) in [6, 6.07) is 16.7. The van der Waals surface area contributed by atoms with E-state index in [0.29, 0.717) is 24.4 Å². The van der Waals surface area contributed by atoms with Crippen LogP contribution in [0.2, 0.25) is 0 Å². The van der Waals surface area contributed by atoms with Crippen LogP contribution in [0.3, 0.4) is 0 Å². The Kier molecular flexibility index (Phi) is 6.37. The Morgan fingerprint density at radius 3 is 2.54 bits per heavy atom. The molecule has 126 valence electrons. The fourth-order valence-corrected chi connectivity index (χ4v) is 2.29. The molecule has 0 atom stereocenters. The molecule has 0 aliphatic carbocycles. The van der Waals surface area contributed by atoms with Crippen LogP contribution in [-0.4, -0.2) is 37.4 Å². The zero-order valence-electron chi connectivity index (χ0n) is 14.0. The molecule has 5 nitrogen and oxygen atoms in total. The molecular formula is C19H22N2O3. The van der Waals surface area contributed by atoms with Gasteiger partial charge in [-0.15, -0.1) is 0 Å². The molecule has 0 saturated carbocycles. The number of hydrogen-bond acceptors (Lipinski definition) is 3. The van der Waals surface area contributed by atoms with Crippen molar-refractivity contribution < 1.29 is 14.3 Å². The topological polar surface area (TPSA) is 58.6 Å². The van der Waals surface area contributed by atoms with Gasteiger partial charge in [0.05, 0.1) is 7.11 Å². The molecule has 2 aromatic carbocycles. The van der Waals surface area contributed by atoms with Crippen LogP contribution in [0, 0.1) is 0 Å². The number of amides is 2. The first kappa shape index (κ1) is 17.5. The van der Waals surface area contributed by atoms with Gasteiger partial charge in [-0.1, -0.05) is 36.4 Å². The van der Waals surface area contributed by atoms with Crippen molar-refractivity contribution in [2.75, 3.05) is 20.7 Å². The first-order valence-electron chi connectivity index (χ1n) is 7.80. The van der Waals surface area contributed by atoms with E-state index in [0.717, 1.165) is 5.56 Å². The number of hydrogen-bond donors (Lipinski definition) is 1. The van der Waals surface area contributed by atoms with Crippen molar-refractivity contribution in [3.63, 3.8) is 0 Å². The maximum absolute atomic E-state index is 12.1. The minimum absolute atomic E-state index is 0.00945. The summed E-state index contributed by atoms with van der Waals surface area (Å²) in [4.78, 5) is 25.8. The summed E-state index contributed by atoms with van der Waals surface area (Å²) >= 11 is 0. The molecule has 0 aromatic heterocycles. The third-order valence-electron chi connectivity index (χ3n) is 3.64. The fourth-order valence-electron chi connectivity index (χ4n) is 2.29. The van der Waals surface area contributed by atoms with E-state index in [2.05, 4.69) is 5.32 Å². The molecule has 0 bridgehead atoms. The van der Waals surface area contributed by atoms with Gasteiger partial charge < -0.3 is 15.0 Å². The van der Waals surface area contributed by atoms with E-state index >= 15 is 0 Å². The van der Waals surface area contributed by atoms with Gasteiger partial charge in [0.2, 0.25) is 5.91 Å². The number of methoxy groups -OCH3 is 1. The van der Waals surface area contributed by atoms with Gasteiger partial charge >= 0.3 is 0 Å². The van der Waals surface area contributed by atoms with Crippen molar-refractivity contribution in [1.29, 1.82) is 0 Å². The van der Waals surface area contributed by atoms with Crippen LogP contribution in [0.1, 0.15) is 22.3 Å². The Labute approximate surface area is 142 Å². The Hall–Kier alpha value is -2.82. The third kappa shape index (κ3) is 5.12. The molecule has 2 aromatic rings. The quantitative estimate of drug-likeness (QED) is 0.850. The van der Waals surface area contributed by atoms with Crippen molar-refractivity contribution in [2.45, 2.75) is 13.0 Å². The van der Waals surface area contributed by atoms with Gasteiger partial charge in [0.25, 0.3) is 5.91 Å². The summed E-state index contributed by atoms with van der Waals surface area (Å²) in [7, 11) is 3.32. The minimum atomic E-state index is -0.215. The average Bonchev–Trinajstić information content (AvgIpc) is 2.62. The van der Waals surface area contributed by atoms with Crippen LogP contribution in [0.25, 0.3) is 0 Å². The molecule has 0 unspecified atom stereocenters. The highest BCUT2D eigenvalue weighted by molar-refractivity contribution is 5.94. The van der Waals surface area contributed by atoms with E-state index in [1.165, 1.54) is 0 Å². The minimum Gasteiger partial charge on any atom is -0.497 e. The number of ether oxygens (including phenoxy) is 1. The second-order valence-corrected chi connectivity index (χ2v) is 5.47. The zero-order chi connectivity index (χ0) is 17.4. The summed E-state index contributed by atoms with van der Waals surface area (Å²) in [5.41, 5.74) is 1.59. The van der Waals surface area contributed by atoms with Gasteiger partial charge in [-0.3, -0.25) is 9.59 Å². The normalized spacial score (nSPS) is 10.1. The lowest BCUT2D eigenvalue weighted by Gasteiger charge is -2.17. The summed E-state index contributed by atoms with van der Waals surface area (Å²) in [5, 5.41) is 2.76. The predicted octanol–water partition coefficient (Wildman–Crippen LogP) is 2.47. The SMILES string of the molecule is COc1cccc(C(=O)NCCC(=O)N(C)Cc2ccccc2)c1. The van der Waals surface area contributed by atoms with E-state index in [4.69, 9.17) is 4.74 Å². The van der Waals surface area contributed by atoms with Gasteiger partial charge in [0.15, 0.2) is 0 Å². The molecule has 1 N–H and O–H groups in total. The van der Waals surface area contributed by atoms with Crippen molar-refractivity contribution in [3.05, 3.63) is 65.7 Å². The fraction of sp³-hybridized carbons (Fsp3) is 0.263. The first-order chi connectivity index (χ1) is 11.6. The average molecular weight is 326 g/mol. The second-order valence-electron chi connectivity index (χ2n) is 5.47. The van der Waals surface area contributed by atoms with Crippen LogP contribution < -0.4 is 10.1 Å². The Morgan fingerprint density at radius 1 is 1.08 bits per heavy atom. The van der Waals surface area contributed by atoms with Crippen molar-refractivity contribution in [2.24, 2.45) is 0 Å². The predicted molar refractivity (Wildman–Crippen MR) is 92.9 cm³/mol. The van der Waals surface area contributed by atoms with E-state index in [-0.39, 0.29) is 18.2 Å². The third-order valence-corrected chi connectivity index (χ3v) is 3.64.